The number of halogens is 1. The average Bonchev–Trinajstić information content (AvgIpc) is 3.02. The number of carbonyl (C=O) groups excluding carboxylic acids is 1. The second-order valence-corrected chi connectivity index (χ2v) is 6.23. The quantitative estimate of drug-likeness (QED) is 0.806. The third kappa shape index (κ3) is 5.98. The maximum Gasteiger partial charge on any atom is 0.221 e. The van der Waals surface area contributed by atoms with Crippen molar-refractivity contribution in [1.82, 2.24) is 10.6 Å². The molecular formula is C12H23ClN2OS. The maximum atomic E-state index is 11.8. The van der Waals surface area contributed by atoms with Gasteiger partial charge in [0, 0.05) is 36.6 Å². The summed E-state index contributed by atoms with van der Waals surface area (Å²) < 4.78 is 0. The molecule has 0 aromatic heterocycles. The Hall–Kier alpha value is 0.0700. The lowest BCUT2D eigenvalue weighted by molar-refractivity contribution is -0.122. The molecule has 3 nitrogen and oxygen atoms in total. The Labute approximate surface area is 114 Å². The van der Waals surface area contributed by atoms with Gasteiger partial charge in [-0.05, 0) is 19.3 Å². The number of carbonyl (C=O) groups is 1. The first kappa shape index (κ1) is 15.1. The van der Waals surface area contributed by atoms with Crippen LogP contribution < -0.4 is 10.6 Å². The molecule has 0 aromatic rings. The van der Waals surface area contributed by atoms with E-state index in [1.807, 2.05) is 11.8 Å². The first-order chi connectivity index (χ1) is 7.74. The molecule has 0 aromatic carbocycles. The number of amides is 1. The minimum absolute atomic E-state index is 0. The van der Waals surface area contributed by atoms with E-state index in [0.717, 1.165) is 18.2 Å². The molecule has 1 aliphatic carbocycles. The molecule has 1 saturated carbocycles. The Morgan fingerprint density at radius 2 is 2.29 bits per heavy atom. The molecule has 2 unspecified atom stereocenters. The van der Waals surface area contributed by atoms with Gasteiger partial charge in [-0.25, -0.2) is 0 Å². The summed E-state index contributed by atoms with van der Waals surface area (Å²) in [6, 6.07) is 0.739. The van der Waals surface area contributed by atoms with E-state index < -0.39 is 0 Å². The lowest BCUT2D eigenvalue weighted by Crippen LogP contribution is -2.43. The van der Waals surface area contributed by atoms with Gasteiger partial charge in [0.05, 0.1) is 0 Å². The standard InChI is InChI=1S/C12H22N2OS.ClH/c1-9(6-10-2-3-10)14-12(15)7-11-8-16-5-4-13-11;/h9-11,13H,2-8H2,1H3,(H,14,15);1H. The van der Waals surface area contributed by atoms with Gasteiger partial charge in [0.1, 0.15) is 0 Å². The highest BCUT2D eigenvalue weighted by molar-refractivity contribution is 7.99. The van der Waals surface area contributed by atoms with E-state index in [4.69, 9.17) is 0 Å². The summed E-state index contributed by atoms with van der Waals surface area (Å²) in [5, 5.41) is 6.51. The second kappa shape index (κ2) is 7.49. The van der Waals surface area contributed by atoms with Gasteiger partial charge in [0.25, 0.3) is 0 Å². The van der Waals surface area contributed by atoms with Crippen LogP contribution in [-0.2, 0) is 4.79 Å². The van der Waals surface area contributed by atoms with Crippen LogP contribution in [0, 0.1) is 5.92 Å². The number of rotatable bonds is 5. The lowest BCUT2D eigenvalue weighted by Gasteiger charge is -2.23. The zero-order valence-corrected chi connectivity index (χ0v) is 12.0. The van der Waals surface area contributed by atoms with Gasteiger partial charge in [-0.15, -0.1) is 12.4 Å². The van der Waals surface area contributed by atoms with Crippen molar-refractivity contribution in [3.63, 3.8) is 0 Å². The number of thioether (sulfide) groups is 1. The highest BCUT2D eigenvalue weighted by Crippen LogP contribution is 2.33. The molecule has 17 heavy (non-hydrogen) atoms. The molecule has 0 bridgehead atoms. The topological polar surface area (TPSA) is 41.1 Å². The zero-order valence-electron chi connectivity index (χ0n) is 10.4. The Balaban J connectivity index is 0.00000144. The molecule has 100 valence electrons. The van der Waals surface area contributed by atoms with Gasteiger partial charge in [-0.3, -0.25) is 4.79 Å². The van der Waals surface area contributed by atoms with Crippen LogP contribution in [0.2, 0.25) is 0 Å². The molecule has 2 rings (SSSR count). The van der Waals surface area contributed by atoms with Crippen LogP contribution in [0.1, 0.15) is 32.6 Å². The number of hydrogen-bond donors (Lipinski definition) is 2. The fourth-order valence-electron chi connectivity index (χ4n) is 2.22. The molecule has 2 N–H and O–H groups in total. The summed E-state index contributed by atoms with van der Waals surface area (Å²) in [6.07, 6.45) is 4.53. The van der Waals surface area contributed by atoms with E-state index in [1.54, 1.807) is 0 Å². The van der Waals surface area contributed by atoms with E-state index in [1.165, 1.54) is 25.0 Å². The van der Waals surface area contributed by atoms with Crippen LogP contribution in [0.25, 0.3) is 0 Å². The number of nitrogens with one attached hydrogen (secondary N) is 2. The molecule has 2 fully saturated rings. The van der Waals surface area contributed by atoms with Gasteiger partial charge in [0.15, 0.2) is 0 Å². The Morgan fingerprint density at radius 1 is 1.53 bits per heavy atom. The maximum absolute atomic E-state index is 11.8. The third-order valence-corrected chi connectivity index (χ3v) is 4.35. The molecule has 1 saturated heterocycles. The van der Waals surface area contributed by atoms with Crippen molar-refractivity contribution in [1.29, 1.82) is 0 Å². The van der Waals surface area contributed by atoms with Gasteiger partial charge in [-0.1, -0.05) is 12.8 Å². The van der Waals surface area contributed by atoms with Gasteiger partial charge in [-0.2, -0.15) is 11.8 Å². The van der Waals surface area contributed by atoms with Crippen molar-refractivity contribution in [2.24, 2.45) is 5.92 Å². The van der Waals surface area contributed by atoms with E-state index in [2.05, 4.69) is 17.6 Å². The minimum Gasteiger partial charge on any atom is -0.354 e. The van der Waals surface area contributed by atoms with Crippen LogP contribution in [-0.4, -0.2) is 36.0 Å². The summed E-state index contributed by atoms with van der Waals surface area (Å²) in [7, 11) is 0. The van der Waals surface area contributed by atoms with E-state index >= 15 is 0 Å². The summed E-state index contributed by atoms with van der Waals surface area (Å²) in [5.74, 6) is 3.35. The average molecular weight is 279 g/mol. The van der Waals surface area contributed by atoms with Crippen LogP contribution in [0.15, 0.2) is 0 Å². The van der Waals surface area contributed by atoms with Crippen molar-refractivity contribution in [3.8, 4) is 0 Å². The predicted molar refractivity (Wildman–Crippen MR) is 75.9 cm³/mol. The van der Waals surface area contributed by atoms with Crippen molar-refractivity contribution in [3.05, 3.63) is 0 Å². The van der Waals surface area contributed by atoms with Gasteiger partial charge < -0.3 is 10.6 Å². The summed E-state index contributed by atoms with van der Waals surface area (Å²) in [6.45, 7) is 3.17. The molecule has 5 heteroatoms. The van der Waals surface area contributed by atoms with Crippen molar-refractivity contribution in [2.45, 2.75) is 44.7 Å². The van der Waals surface area contributed by atoms with Crippen LogP contribution in [0.3, 0.4) is 0 Å². The molecule has 1 amide bonds. The lowest BCUT2D eigenvalue weighted by atomic mass is 10.1. The number of hydrogen-bond acceptors (Lipinski definition) is 3. The molecule has 2 aliphatic rings. The monoisotopic (exact) mass is 278 g/mol. The van der Waals surface area contributed by atoms with Crippen molar-refractivity contribution < 1.29 is 4.79 Å². The van der Waals surface area contributed by atoms with E-state index in [9.17, 15) is 4.79 Å². The predicted octanol–water partition coefficient (Wildman–Crippen LogP) is 1.81. The van der Waals surface area contributed by atoms with Crippen LogP contribution in [0.4, 0.5) is 0 Å². The first-order valence-electron chi connectivity index (χ1n) is 6.34. The highest BCUT2D eigenvalue weighted by Gasteiger charge is 2.24. The fourth-order valence-corrected chi connectivity index (χ4v) is 3.17. The first-order valence-corrected chi connectivity index (χ1v) is 7.50. The zero-order chi connectivity index (χ0) is 11.4. The third-order valence-electron chi connectivity index (χ3n) is 3.22. The fraction of sp³-hybridized carbons (Fsp3) is 0.917. The molecular weight excluding hydrogens is 256 g/mol. The van der Waals surface area contributed by atoms with E-state index in [-0.39, 0.29) is 18.3 Å². The highest BCUT2D eigenvalue weighted by atomic mass is 35.5. The van der Waals surface area contributed by atoms with Gasteiger partial charge in [0.2, 0.25) is 5.91 Å². The Kier molecular flexibility index (Phi) is 6.67. The molecule has 0 radical (unpaired) electrons. The van der Waals surface area contributed by atoms with Gasteiger partial charge >= 0.3 is 0 Å². The van der Waals surface area contributed by atoms with Crippen molar-refractivity contribution >= 4 is 30.1 Å². The SMILES string of the molecule is CC(CC1CC1)NC(=O)CC1CSCCN1.Cl. The Morgan fingerprint density at radius 3 is 2.88 bits per heavy atom. The minimum atomic E-state index is 0. The molecule has 1 aliphatic heterocycles. The summed E-state index contributed by atoms with van der Waals surface area (Å²) in [4.78, 5) is 11.8. The molecule has 2 atom stereocenters. The largest absolute Gasteiger partial charge is 0.354 e. The van der Waals surface area contributed by atoms with Crippen molar-refractivity contribution in [2.75, 3.05) is 18.1 Å². The van der Waals surface area contributed by atoms with E-state index in [0.29, 0.717) is 18.5 Å². The summed E-state index contributed by atoms with van der Waals surface area (Å²) >= 11 is 1.94. The second-order valence-electron chi connectivity index (χ2n) is 5.08. The van der Waals surface area contributed by atoms with Crippen LogP contribution in [0.5, 0.6) is 0 Å². The Bertz CT molecular complexity index is 243. The molecule has 1 heterocycles. The normalized spacial score (nSPS) is 25.8. The van der Waals surface area contributed by atoms with Crippen LogP contribution >= 0.6 is 24.2 Å². The smallest absolute Gasteiger partial charge is 0.221 e. The summed E-state index contributed by atoms with van der Waals surface area (Å²) in [5.41, 5.74) is 0. The molecule has 0 spiro atoms.